The van der Waals surface area contributed by atoms with Gasteiger partial charge in [-0.3, -0.25) is 4.79 Å². The van der Waals surface area contributed by atoms with Crippen molar-refractivity contribution < 1.29 is 19.0 Å². The monoisotopic (exact) mass is 386 g/mol. The number of aliphatic hydroxyl groups is 1. The van der Waals surface area contributed by atoms with Crippen LogP contribution in [0.2, 0.25) is 5.02 Å². The van der Waals surface area contributed by atoms with Crippen LogP contribution in [-0.2, 0) is 11.2 Å². The minimum Gasteiger partial charge on any atom is -0.511 e. The number of hydrogen-bond acceptors (Lipinski definition) is 3. The first-order chi connectivity index (χ1) is 13.0. The molecule has 0 saturated heterocycles. The van der Waals surface area contributed by atoms with Crippen molar-refractivity contribution in [3.63, 3.8) is 0 Å². The van der Waals surface area contributed by atoms with Gasteiger partial charge >= 0.3 is 0 Å². The highest BCUT2D eigenvalue weighted by molar-refractivity contribution is 6.30. The van der Waals surface area contributed by atoms with Gasteiger partial charge in [0.2, 0.25) is 0 Å². The molecule has 1 N–H and O–H groups in total. The molecule has 1 saturated carbocycles. The Balaban J connectivity index is 1.74. The fraction of sp³-hybridized carbons (Fsp3) is 0.318. The largest absolute Gasteiger partial charge is 0.511 e. The van der Waals surface area contributed by atoms with Crippen molar-refractivity contribution in [2.75, 3.05) is 0 Å². The first-order valence-electron chi connectivity index (χ1n) is 9.21. The van der Waals surface area contributed by atoms with E-state index in [4.69, 9.17) is 16.3 Å². The van der Waals surface area contributed by atoms with Crippen molar-refractivity contribution in [2.24, 2.45) is 11.8 Å². The second-order valence-corrected chi connectivity index (χ2v) is 7.59. The van der Waals surface area contributed by atoms with Crippen LogP contribution in [-0.4, -0.2) is 10.9 Å². The Morgan fingerprint density at radius 3 is 2.59 bits per heavy atom. The van der Waals surface area contributed by atoms with Crippen LogP contribution in [0.1, 0.15) is 37.3 Å². The normalized spacial score (nSPS) is 21.7. The van der Waals surface area contributed by atoms with Crippen molar-refractivity contribution in [2.45, 2.75) is 32.6 Å². The van der Waals surface area contributed by atoms with Crippen molar-refractivity contribution in [3.8, 4) is 11.5 Å². The molecule has 3 nitrogen and oxygen atoms in total. The third-order valence-electron chi connectivity index (χ3n) is 5.55. The van der Waals surface area contributed by atoms with Gasteiger partial charge in [0.25, 0.3) is 0 Å². The lowest BCUT2D eigenvalue weighted by molar-refractivity contribution is -0.117. The van der Waals surface area contributed by atoms with Crippen LogP contribution in [0.15, 0.2) is 42.2 Å². The molecular weight excluding hydrogens is 367 g/mol. The Morgan fingerprint density at radius 1 is 1.15 bits per heavy atom. The number of halogens is 2. The van der Waals surface area contributed by atoms with Gasteiger partial charge in [0.1, 0.15) is 23.1 Å². The smallest absolute Gasteiger partial charge is 0.169 e. The van der Waals surface area contributed by atoms with E-state index in [0.717, 1.165) is 36.8 Å². The Hall–Kier alpha value is -2.33. The van der Waals surface area contributed by atoms with E-state index < -0.39 is 5.82 Å². The average molecular weight is 387 g/mol. The Labute approximate surface area is 162 Å². The maximum absolute atomic E-state index is 13.3. The summed E-state index contributed by atoms with van der Waals surface area (Å²) in [7, 11) is 0. The quantitative estimate of drug-likeness (QED) is 0.690. The Morgan fingerprint density at radius 2 is 1.85 bits per heavy atom. The zero-order valence-corrected chi connectivity index (χ0v) is 15.7. The van der Waals surface area contributed by atoms with E-state index in [2.05, 4.69) is 0 Å². The van der Waals surface area contributed by atoms with Crippen molar-refractivity contribution >= 4 is 23.0 Å². The van der Waals surface area contributed by atoms with Crippen molar-refractivity contribution in [1.29, 1.82) is 0 Å². The van der Waals surface area contributed by atoms with E-state index in [1.807, 2.05) is 13.0 Å². The summed E-state index contributed by atoms with van der Waals surface area (Å²) in [6.07, 6.45) is 3.18. The molecule has 5 heteroatoms. The number of allylic oxidation sites excluding steroid dienone is 2. The molecule has 0 aliphatic heterocycles. The van der Waals surface area contributed by atoms with E-state index >= 15 is 0 Å². The highest BCUT2D eigenvalue weighted by Crippen LogP contribution is 2.46. The van der Waals surface area contributed by atoms with Crippen LogP contribution in [0.5, 0.6) is 11.5 Å². The second kappa shape index (κ2) is 7.01. The highest BCUT2D eigenvalue weighted by atomic mass is 35.5. The van der Waals surface area contributed by atoms with Gasteiger partial charge in [-0.1, -0.05) is 24.6 Å². The summed E-state index contributed by atoms with van der Waals surface area (Å²) in [6.45, 7) is 2.01. The number of fused-ring (bicyclic) bond motifs is 2. The number of aliphatic hydroxyl groups excluding tert-OH is 1. The van der Waals surface area contributed by atoms with Crippen molar-refractivity contribution in [3.05, 3.63) is 64.1 Å². The molecule has 2 atom stereocenters. The molecule has 27 heavy (non-hydrogen) atoms. The third kappa shape index (κ3) is 3.23. The molecule has 4 rings (SSSR count). The maximum atomic E-state index is 13.3. The topological polar surface area (TPSA) is 46.5 Å². The summed E-state index contributed by atoms with van der Waals surface area (Å²) >= 11 is 5.82. The lowest BCUT2D eigenvalue weighted by Crippen LogP contribution is -2.21. The molecule has 0 radical (unpaired) electrons. The lowest BCUT2D eigenvalue weighted by atomic mass is 9.81. The second-order valence-electron chi connectivity index (χ2n) is 7.18. The van der Waals surface area contributed by atoms with Crippen LogP contribution in [0.4, 0.5) is 4.39 Å². The summed E-state index contributed by atoms with van der Waals surface area (Å²) in [4.78, 5) is 12.9. The molecule has 0 aromatic heterocycles. The van der Waals surface area contributed by atoms with E-state index in [9.17, 15) is 14.3 Å². The fourth-order valence-corrected chi connectivity index (χ4v) is 4.28. The number of carbonyl (C=O) groups is 1. The minimum atomic E-state index is -0.510. The molecule has 0 unspecified atom stereocenters. The molecule has 2 aromatic rings. The third-order valence-corrected chi connectivity index (χ3v) is 5.84. The molecular formula is C22H20ClFO3. The van der Waals surface area contributed by atoms with E-state index in [1.54, 1.807) is 12.1 Å². The van der Waals surface area contributed by atoms with E-state index in [0.29, 0.717) is 17.1 Å². The van der Waals surface area contributed by atoms with Gasteiger partial charge in [-0.15, -0.1) is 0 Å². The minimum absolute atomic E-state index is 0.00563. The van der Waals surface area contributed by atoms with Crippen LogP contribution in [0, 0.1) is 17.7 Å². The predicted molar refractivity (Wildman–Crippen MR) is 103 cm³/mol. The summed E-state index contributed by atoms with van der Waals surface area (Å²) in [5.74, 6) is 0.729. The number of ketones is 1. The Kier molecular flexibility index (Phi) is 4.68. The maximum Gasteiger partial charge on any atom is 0.169 e. The molecule has 2 aromatic carbocycles. The lowest BCUT2D eigenvalue weighted by Gasteiger charge is -2.23. The van der Waals surface area contributed by atoms with Gasteiger partial charge in [0.15, 0.2) is 5.78 Å². The van der Waals surface area contributed by atoms with Gasteiger partial charge in [-0.25, -0.2) is 4.39 Å². The molecule has 140 valence electrons. The zero-order chi connectivity index (χ0) is 19.1. The summed E-state index contributed by atoms with van der Waals surface area (Å²) in [5, 5.41) is 10.7. The van der Waals surface area contributed by atoms with Gasteiger partial charge in [-0.2, -0.15) is 0 Å². The van der Waals surface area contributed by atoms with Crippen LogP contribution in [0.25, 0.3) is 5.57 Å². The summed E-state index contributed by atoms with van der Waals surface area (Å²) < 4.78 is 19.2. The first-order valence-corrected chi connectivity index (χ1v) is 9.59. The number of rotatable bonds is 4. The van der Waals surface area contributed by atoms with Gasteiger partial charge in [-0.05, 0) is 61.1 Å². The predicted octanol–water partition coefficient (Wildman–Crippen LogP) is 6.10. The fourth-order valence-electron chi connectivity index (χ4n) is 4.11. The van der Waals surface area contributed by atoms with E-state index in [1.165, 1.54) is 18.2 Å². The van der Waals surface area contributed by atoms with Gasteiger partial charge in [0.05, 0.1) is 10.6 Å². The summed E-state index contributed by atoms with van der Waals surface area (Å²) in [5.41, 5.74) is 2.14. The molecule has 0 spiro atoms. The molecule has 0 amide bonds. The molecule has 0 heterocycles. The number of carbonyl (C=O) groups excluding carboxylic acids is 1. The zero-order valence-electron chi connectivity index (χ0n) is 15.0. The van der Waals surface area contributed by atoms with E-state index in [-0.39, 0.29) is 28.4 Å². The number of hydrogen-bond donors (Lipinski definition) is 1. The van der Waals surface area contributed by atoms with Gasteiger partial charge in [0, 0.05) is 17.9 Å². The van der Waals surface area contributed by atoms with Crippen LogP contribution >= 0.6 is 11.6 Å². The molecule has 2 bridgehead atoms. The van der Waals surface area contributed by atoms with Crippen LogP contribution < -0.4 is 4.74 Å². The molecule has 1 fully saturated rings. The first kappa shape index (κ1) is 18.1. The number of ether oxygens (including phenoxy) is 1. The SMILES string of the molecule is CCc1ccc(Oc2ccc(F)c(Cl)c2)cc1C1=C(O)[C@H]2CC[C@H](C2)C1=O. The number of aryl methyl sites for hydroxylation is 1. The Bertz CT molecular complexity index is 951. The van der Waals surface area contributed by atoms with Crippen LogP contribution in [0.3, 0.4) is 0 Å². The summed E-state index contributed by atoms with van der Waals surface area (Å²) in [6, 6.07) is 9.64. The van der Waals surface area contributed by atoms with Gasteiger partial charge < -0.3 is 9.84 Å². The standard InChI is InChI=1S/C22H20ClFO3/c1-2-12-5-6-15(27-16-7-8-19(24)18(23)11-16)10-17(12)20-21(25)13-3-4-14(9-13)22(20)26/h5-8,10-11,13-14,25H,2-4,9H2,1H3/t13-,14+/m0/s1. The number of benzene rings is 2. The van der Waals surface area contributed by atoms with Crippen molar-refractivity contribution in [1.82, 2.24) is 0 Å². The number of Topliss-reactive ketones (excluding diaryl/α,β-unsaturated/α-hetero) is 1. The highest BCUT2D eigenvalue weighted by Gasteiger charge is 2.41. The molecule has 2 aliphatic carbocycles. The average Bonchev–Trinajstić information content (AvgIpc) is 3.11. The molecule has 2 aliphatic rings.